The lowest BCUT2D eigenvalue weighted by Gasteiger charge is -2.13. The second-order valence-electron chi connectivity index (χ2n) is 4.04. The average molecular weight is 342 g/mol. The Morgan fingerprint density at radius 3 is 2.09 bits per heavy atom. The molecule has 22 heavy (non-hydrogen) atoms. The average Bonchev–Trinajstić information content (AvgIpc) is 2.48. The van der Waals surface area contributed by atoms with Gasteiger partial charge in [0, 0.05) is 5.02 Å². The van der Waals surface area contributed by atoms with Crippen molar-refractivity contribution in [3.8, 4) is 12.1 Å². The third-order valence-electron chi connectivity index (χ3n) is 2.74. The molecule has 110 valence electrons. The largest absolute Gasteiger partial charge is 0.351 e. The molecular weight excluding hydrogens is 338 g/mol. The van der Waals surface area contributed by atoms with E-state index >= 15 is 0 Å². The van der Waals surface area contributed by atoms with Crippen molar-refractivity contribution in [2.45, 2.75) is 0 Å². The Hall–Kier alpha value is -2.41. The highest BCUT2D eigenvalue weighted by molar-refractivity contribution is 6.36. The van der Waals surface area contributed by atoms with Gasteiger partial charge in [-0.1, -0.05) is 23.2 Å². The van der Waals surface area contributed by atoms with Crippen LogP contribution in [0.2, 0.25) is 10.0 Å². The lowest BCUT2D eigenvalue weighted by atomic mass is 10.1. The number of halogens is 5. The van der Waals surface area contributed by atoms with Crippen LogP contribution in [0.15, 0.2) is 18.2 Å². The highest BCUT2D eigenvalue weighted by atomic mass is 35.5. The number of rotatable bonds is 2. The predicted octanol–water partition coefficient (Wildman–Crippen LogP) is 4.90. The normalized spacial score (nSPS) is 9.95. The Kier molecular flexibility index (Phi) is 4.46. The van der Waals surface area contributed by atoms with Gasteiger partial charge in [-0.15, -0.1) is 0 Å². The van der Waals surface area contributed by atoms with E-state index in [-0.39, 0.29) is 10.7 Å². The van der Waals surface area contributed by atoms with Crippen LogP contribution >= 0.6 is 23.2 Å². The summed E-state index contributed by atoms with van der Waals surface area (Å²) >= 11 is 11.6. The molecule has 8 heteroatoms. The molecule has 0 atom stereocenters. The fraction of sp³-hybridized carbons (Fsp3) is 0. The van der Waals surface area contributed by atoms with Crippen molar-refractivity contribution in [1.29, 1.82) is 10.5 Å². The Morgan fingerprint density at radius 2 is 1.55 bits per heavy atom. The van der Waals surface area contributed by atoms with E-state index in [1.807, 2.05) is 0 Å². The predicted molar refractivity (Wildman–Crippen MR) is 75.5 cm³/mol. The fourth-order valence-electron chi connectivity index (χ4n) is 1.71. The molecule has 0 aliphatic heterocycles. The molecule has 0 saturated heterocycles. The van der Waals surface area contributed by atoms with Crippen LogP contribution in [0.5, 0.6) is 0 Å². The lowest BCUT2D eigenvalue weighted by Crippen LogP contribution is -2.06. The Bertz CT molecular complexity index is 854. The Labute approximate surface area is 133 Å². The summed E-state index contributed by atoms with van der Waals surface area (Å²) in [6, 6.07) is 6.65. The summed E-state index contributed by atoms with van der Waals surface area (Å²) in [6.45, 7) is 0. The summed E-state index contributed by atoms with van der Waals surface area (Å²) in [6.07, 6.45) is 0. The molecule has 2 rings (SSSR count). The summed E-state index contributed by atoms with van der Waals surface area (Å²) < 4.78 is 41.6. The highest BCUT2D eigenvalue weighted by Gasteiger charge is 2.25. The second-order valence-corrected chi connectivity index (χ2v) is 4.88. The van der Waals surface area contributed by atoms with E-state index in [1.54, 1.807) is 0 Å². The minimum Gasteiger partial charge on any atom is -0.351 e. The molecule has 0 spiro atoms. The van der Waals surface area contributed by atoms with E-state index < -0.39 is 34.3 Å². The first-order valence-electron chi connectivity index (χ1n) is 5.63. The smallest absolute Gasteiger partial charge is 0.185 e. The van der Waals surface area contributed by atoms with Gasteiger partial charge in [0.15, 0.2) is 17.5 Å². The molecule has 0 aliphatic rings. The zero-order valence-electron chi connectivity index (χ0n) is 10.5. The summed E-state index contributed by atoms with van der Waals surface area (Å²) in [5.74, 6) is -4.69. The molecule has 0 unspecified atom stereocenters. The molecule has 0 aliphatic carbocycles. The minimum atomic E-state index is -1.69. The van der Waals surface area contributed by atoms with Crippen molar-refractivity contribution in [1.82, 2.24) is 0 Å². The number of anilines is 2. The van der Waals surface area contributed by atoms with Gasteiger partial charge in [-0.2, -0.15) is 10.5 Å². The first-order valence-corrected chi connectivity index (χ1v) is 6.39. The van der Waals surface area contributed by atoms with Crippen LogP contribution in [0.3, 0.4) is 0 Å². The van der Waals surface area contributed by atoms with Crippen LogP contribution in [-0.4, -0.2) is 0 Å². The molecule has 0 heterocycles. The number of hydrogen-bond donors (Lipinski definition) is 1. The molecule has 0 fully saturated rings. The van der Waals surface area contributed by atoms with Crippen molar-refractivity contribution >= 4 is 34.6 Å². The first-order chi connectivity index (χ1) is 10.4. The van der Waals surface area contributed by atoms with Gasteiger partial charge in [-0.05, 0) is 18.2 Å². The number of nitrogens with one attached hydrogen (secondary N) is 1. The van der Waals surface area contributed by atoms with Crippen LogP contribution in [0.1, 0.15) is 11.1 Å². The molecule has 1 N–H and O–H groups in total. The van der Waals surface area contributed by atoms with Gasteiger partial charge in [0.2, 0.25) is 0 Å². The molecule has 0 amide bonds. The van der Waals surface area contributed by atoms with Crippen molar-refractivity contribution in [3.05, 3.63) is 56.8 Å². The van der Waals surface area contributed by atoms with Gasteiger partial charge in [0.25, 0.3) is 0 Å². The summed E-state index contributed by atoms with van der Waals surface area (Å²) in [5.41, 5.74) is -2.66. The molecule has 0 aromatic heterocycles. The molecule has 0 radical (unpaired) electrons. The lowest BCUT2D eigenvalue weighted by molar-refractivity contribution is 0.493. The summed E-state index contributed by atoms with van der Waals surface area (Å²) in [5, 5.41) is 20.3. The van der Waals surface area contributed by atoms with E-state index in [0.717, 1.165) is 0 Å². The molecule has 0 saturated carbocycles. The number of hydrogen-bond acceptors (Lipinski definition) is 3. The Balaban J connectivity index is 2.66. The maximum absolute atomic E-state index is 14.0. The quantitative estimate of drug-likeness (QED) is 0.790. The molecule has 2 aromatic carbocycles. The van der Waals surface area contributed by atoms with E-state index in [0.29, 0.717) is 5.02 Å². The third-order valence-corrected chi connectivity index (χ3v) is 3.28. The fourth-order valence-corrected chi connectivity index (χ4v) is 2.16. The van der Waals surface area contributed by atoms with Gasteiger partial charge in [0.1, 0.15) is 23.3 Å². The van der Waals surface area contributed by atoms with Crippen molar-refractivity contribution in [2.75, 3.05) is 5.32 Å². The third kappa shape index (κ3) is 2.67. The van der Waals surface area contributed by atoms with Crippen LogP contribution < -0.4 is 5.32 Å². The maximum atomic E-state index is 14.0. The number of nitriles is 2. The van der Waals surface area contributed by atoms with E-state index in [9.17, 15) is 13.2 Å². The molecule has 3 nitrogen and oxygen atoms in total. The van der Waals surface area contributed by atoms with Gasteiger partial charge in [-0.25, -0.2) is 13.2 Å². The van der Waals surface area contributed by atoms with Crippen molar-refractivity contribution in [2.24, 2.45) is 0 Å². The molecule has 2 aromatic rings. The summed E-state index contributed by atoms with van der Waals surface area (Å²) in [4.78, 5) is 0. The van der Waals surface area contributed by atoms with Gasteiger partial charge >= 0.3 is 0 Å². The number of nitrogens with zero attached hydrogens (tertiary/aromatic N) is 2. The topological polar surface area (TPSA) is 59.6 Å². The standard InChI is InChI=1S/C14H4Cl2F3N3/c15-6-1-2-10(9(16)3-6)22-14-8(5-21)11(17)7(4-20)12(18)13(14)19/h1-3,22H. The van der Waals surface area contributed by atoms with Crippen LogP contribution in [0, 0.1) is 40.1 Å². The van der Waals surface area contributed by atoms with E-state index in [2.05, 4.69) is 5.32 Å². The maximum Gasteiger partial charge on any atom is 0.185 e. The summed E-state index contributed by atoms with van der Waals surface area (Å²) in [7, 11) is 0. The van der Waals surface area contributed by atoms with Gasteiger partial charge in [-0.3, -0.25) is 0 Å². The second kappa shape index (κ2) is 6.15. The van der Waals surface area contributed by atoms with Crippen molar-refractivity contribution in [3.63, 3.8) is 0 Å². The van der Waals surface area contributed by atoms with Crippen LogP contribution in [0.25, 0.3) is 0 Å². The number of benzene rings is 2. The van der Waals surface area contributed by atoms with Crippen LogP contribution in [-0.2, 0) is 0 Å². The van der Waals surface area contributed by atoms with Gasteiger partial charge < -0.3 is 5.32 Å². The van der Waals surface area contributed by atoms with Crippen LogP contribution in [0.4, 0.5) is 24.5 Å². The van der Waals surface area contributed by atoms with Gasteiger partial charge in [0.05, 0.1) is 16.4 Å². The van der Waals surface area contributed by atoms with E-state index in [1.165, 1.54) is 30.3 Å². The monoisotopic (exact) mass is 341 g/mol. The minimum absolute atomic E-state index is 0.0564. The van der Waals surface area contributed by atoms with Crippen molar-refractivity contribution < 1.29 is 13.2 Å². The zero-order valence-corrected chi connectivity index (χ0v) is 12.0. The zero-order chi connectivity index (χ0) is 16.4. The van der Waals surface area contributed by atoms with E-state index in [4.69, 9.17) is 33.7 Å². The first kappa shape index (κ1) is 16.0. The highest BCUT2D eigenvalue weighted by Crippen LogP contribution is 2.34. The Morgan fingerprint density at radius 1 is 0.909 bits per heavy atom. The molecular formula is C14H4Cl2F3N3. The molecule has 0 bridgehead atoms. The SMILES string of the molecule is N#Cc1c(F)c(F)c(Nc2ccc(Cl)cc2Cl)c(C#N)c1F.